The zero-order valence-electron chi connectivity index (χ0n) is 17.7. The maximum Gasteiger partial charge on any atom is 0.227 e. The number of rotatable bonds is 8. The molecule has 160 valence electrons. The smallest absolute Gasteiger partial charge is 0.227 e. The largest absolute Gasteiger partial charge is 0.372 e. The molecule has 1 amide bonds. The second-order valence-electron chi connectivity index (χ2n) is 8.31. The first-order valence-corrected chi connectivity index (χ1v) is 11.4. The number of piperidine rings is 1. The lowest BCUT2D eigenvalue weighted by Gasteiger charge is -2.28. The first kappa shape index (κ1) is 20.6. The molecular formula is C24H32N4O2. The molecule has 2 aromatic rings. The van der Waals surface area contributed by atoms with Gasteiger partial charge in [-0.3, -0.25) is 4.79 Å². The molecule has 0 unspecified atom stereocenters. The van der Waals surface area contributed by atoms with Gasteiger partial charge in [0.1, 0.15) is 0 Å². The third-order valence-electron chi connectivity index (χ3n) is 6.03. The second kappa shape index (κ2) is 10.4. The molecule has 1 aliphatic carbocycles. The van der Waals surface area contributed by atoms with Crippen LogP contribution in [-0.4, -0.2) is 35.7 Å². The topological polar surface area (TPSA) is 71.3 Å². The molecule has 0 bridgehead atoms. The van der Waals surface area contributed by atoms with E-state index in [1.54, 1.807) is 0 Å². The van der Waals surface area contributed by atoms with Crippen molar-refractivity contribution in [3.05, 3.63) is 41.8 Å². The van der Waals surface area contributed by atoms with Crippen molar-refractivity contribution in [1.82, 2.24) is 15.5 Å². The molecule has 1 N–H and O–H groups in total. The van der Waals surface area contributed by atoms with E-state index in [4.69, 9.17) is 4.52 Å². The Balaban J connectivity index is 1.22. The van der Waals surface area contributed by atoms with Gasteiger partial charge >= 0.3 is 0 Å². The van der Waals surface area contributed by atoms with Crippen LogP contribution in [-0.2, 0) is 11.2 Å². The molecular weight excluding hydrogens is 376 g/mol. The fourth-order valence-corrected chi connectivity index (χ4v) is 4.25. The number of nitrogens with zero attached hydrogens (tertiary/aromatic N) is 3. The maximum atomic E-state index is 12.1. The highest BCUT2D eigenvalue weighted by atomic mass is 16.5. The Labute approximate surface area is 178 Å². The Morgan fingerprint density at radius 2 is 1.87 bits per heavy atom. The van der Waals surface area contributed by atoms with Crippen LogP contribution in [0.3, 0.4) is 0 Å². The van der Waals surface area contributed by atoms with E-state index in [0.29, 0.717) is 31.1 Å². The minimum atomic E-state index is 0.0389. The van der Waals surface area contributed by atoms with E-state index >= 15 is 0 Å². The Morgan fingerprint density at radius 1 is 1.03 bits per heavy atom. The number of hydrogen-bond acceptors (Lipinski definition) is 5. The number of carbonyl (C=O) groups is 1. The van der Waals surface area contributed by atoms with Crippen LogP contribution >= 0.6 is 0 Å². The summed E-state index contributed by atoms with van der Waals surface area (Å²) in [4.78, 5) is 19.0. The highest BCUT2D eigenvalue weighted by molar-refractivity contribution is 5.76. The van der Waals surface area contributed by atoms with Crippen LogP contribution in [0.1, 0.15) is 63.7 Å². The predicted octanol–water partition coefficient (Wildman–Crippen LogP) is 4.67. The summed E-state index contributed by atoms with van der Waals surface area (Å²) in [6, 6.07) is 8.36. The Kier molecular flexibility index (Phi) is 7.16. The van der Waals surface area contributed by atoms with Gasteiger partial charge in [0.05, 0.1) is 0 Å². The van der Waals surface area contributed by atoms with Crippen molar-refractivity contribution in [3.63, 3.8) is 0 Å². The van der Waals surface area contributed by atoms with Gasteiger partial charge in [0.25, 0.3) is 0 Å². The van der Waals surface area contributed by atoms with Crippen LogP contribution in [0, 0.1) is 0 Å². The van der Waals surface area contributed by atoms with Gasteiger partial charge in [-0.05, 0) is 75.6 Å². The van der Waals surface area contributed by atoms with Crippen LogP contribution in [0.5, 0.6) is 0 Å². The average Bonchev–Trinajstić information content (AvgIpc) is 3.28. The molecule has 1 aliphatic heterocycles. The summed E-state index contributed by atoms with van der Waals surface area (Å²) in [5, 5.41) is 7.09. The summed E-state index contributed by atoms with van der Waals surface area (Å²) >= 11 is 0. The van der Waals surface area contributed by atoms with Gasteiger partial charge in [-0.2, -0.15) is 4.98 Å². The quantitative estimate of drug-likeness (QED) is 0.643. The Hall–Kier alpha value is -2.63. The highest BCUT2D eigenvalue weighted by Crippen LogP contribution is 2.24. The summed E-state index contributed by atoms with van der Waals surface area (Å²) in [5.74, 6) is 1.13. The molecule has 6 heteroatoms. The first-order valence-electron chi connectivity index (χ1n) is 11.4. The van der Waals surface area contributed by atoms with Crippen LogP contribution < -0.4 is 10.2 Å². The van der Waals surface area contributed by atoms with Gasteiger partial charge < -0.3 is 14.7 Å². The molecule has 1 aromatic heterocycles. The third-order valence-corrected chi connectivity index (χ3v) is 6.03. The minimum Gasteiger partial charge on any atom is -0.372 e. The van der Waals surface area contributed by atoms with Crippen LogP contribution in [0.25, 0.3) is 11.4 Å². The monoisotopic (exact) mass is 408 g/mol. The van der Waals surface area contributed by atoms with E-state index in [2.05, 4.69) is 38.6 Å². The van der Waals surface area contributed by atoms with Crippen molar-refractivity contribution in [2.75, 3.05) is 24.5 Å². The van der Waals surface area contributed by atoms with Crippen molar-refractivity contribution in [2.24, 2.45) is 0 Å². The van der Waals surface area contributed by atoms with Crippen LogP contribution in [0.4, 0.5) is 5.69 Å². The van der Waals surface area contributed by atoms with Crippen molar-refractivity contribution in [3.8, 4) is 11.4 Å². The molecule has 6 nitrogen and oxygen atoms in total. The fraction of sp³-hybridized carbons (Fsp3) is 0.542. The number of carbonyl (C=O) groups excluding carboxylic acids is 1. The number of amides is 1. The van der Waals surface area contributed by atoms with Gasteiger partial charge in [0.15, 0.2) is 0 Å². The maximum absolute atomic E-state index is 12.1. The van der Waals surface area contributed by atoms with Crippen LogP contribution in [0.2, 0.25) is 0 Å². The number of benzene rings is 1. The normalized spacial score (nSPS) is 16.9. The standard InChI is InChI=1S/C24H32N4O2/c29-22(25-16-15-19-7-3-1-4-8-19)13-14-23-26-24(27-30-23)20-9-11-21(12-10-20)28-17-5-2-6-18-28/h7,9-12H,1-6,8,13-18H2,(H,25,29). The van der Waals surface area contributed by atoms with E-state index in [9.17, 15) is 4.79 Å². The Bertz CT molecular complexity index is 850. The second-order valence-corrected chi connectivity index (χ2v) is 8.31. The van der Waals surface area contributed by atoms with E-state index in [0.717, 1.165) is 25.1 Å². The van der Waals surface area contributed by atoms with Crippen molar-refractivity contribution in [1.29, 1.82) is 0 Å². The van der Waals surface area contributed by atoms with E-state index in [1.807, 2.05) is 12.1 Å². The zero-order chi connectivity index (χ0) is 20.6. The molecule has 2 heterocycles. The molecule has 0 spiro atoms. The van der Waals surface area contributed by atoms with Crippen LogP contribution in [0.15, 0.2) is 40.4 Å². The summed E-state index contributed by atoms with van der Waals surface area (Å²) < 4.78 is 5.36. The molecule has 2 aliphatic rings. The number of aryl methyl sites for hydroxylation is 1. The molecule has 0 atom stereocenters. The zero-order valence-corrected chi connectivity index (χ0v) is 17.7. The molecule has 1 aromatic carbocycles. The Morgan fingerprint density at radius 3 is 2.63 bits per heavy atom. The van der Waals surface area contributed by atoms with Crippen molar-refractivity contribution in [2.45, 2.75) is 64.2 Å². The molecule has 0 radical (unpaired) electrons. The van der Waals surface area contributed by atoms with E-state index in [-0.39, 0.29) is 5.91 Å². The minimum absolute atomic E-state index is 0.0389. The number of hydrogen-bond donors (Lipinski definition) is 1. The lowest BCUT2D eigenvalue weighted by molar-refractivity contribution is -0.121. The SMILES string of the molecule is O=C(CCc1nc(-c2ccc(N3CCCCC3)cc2)no1)NCCC1=CCCCC1. The summed E-state index contributed by atoms with van der Waals surface area (Å²) in [5.41, 5.74) is 3.67. The highest BCUT2D eigenvalue weighted by Gasteiger charge is 2.13. The van der Waals surface area contributed by atoms with E-state index in [1.165, 1.54) is 56.2 Å². The average molecular weight is 409 g/mol. The predicted molar refractivity (Wildman–Crippen MR) is 118 cm³/mol. The number of allylic oxidation sites excluding steroid dienone is 1. The van der Waals surface area contributed by atoms with Crippen molar-refractivity contribution >= 4 is 11.6 Å². The van der Waals surface area contributed by atoms with Gasteiger partial charge in [0, 0.05) is 43.7 Å². The summed E-state index contributed by atoms with van der Waals surface area (Å²) in [6.07, 6.45) is 12.9. The van der Waals surface area contributed by atoms with Gasteiger partial charge in [-0.25, -0.2) is 0 Å². The number of aromatic nitrogens is 2. The molecule has 0 saturated carbocycles. The lowest BCUT2D eigenvalue weighted by Crippen LogP contribution is -2.29. The fourth-order valence-electron chi connectivity index (χ4n) is 4.25. The van der Waals surface area contributed by atoms with Gasteiger partial charge in [0.2, 0.25) is 17.6 Å². The van der Waals surface area contributed by atoms with Gasteiger partial charge in [-0.1, -0.05) is 16.8 Å². The third kappa shape index (κ3) is 5.71. The number of anilines is 1. The molecule has 1 fully saturated rings. The summed E-state index contributed by atoms with van der Waals surface area (Å²) in [7, 11) is 0. The van der Waals surface area contributed by atoms with Crippen molar-refractivity contribution < 1.29 is 9.32 Å². The molecule has 1 saturated heterocycles. The molecule has 30 heavy (non-hydrogen) atoms. The van der Waals surface area contributed by atoms with Gasteiger partial charge in [-0.15, -0.1) is 0 Å². The van der Waals surface area contributed by atoms with E-state index < -0.39 is 0 Å². The lowest BCUT2D eigenvalue weighted by atomic mass is 9.97. The number of nitrogens with one attached hydrogen (secondary N) is 1. The summed E-state index contributed by atoms with van der Waals surface area (Å²) in [6.45, 7) is 2.97. The molecule has 4 rings (SSSR count). The first-order chi connectivity index (χ1) is 14.8.